The predicted molar refractivity (Wildman–Crippen MR) is 72.3 cm³/mol. The molecule has 21 heavy (non-hydrogen) atoms. The van der Waals surface area contributed by atoms with Crippen molar-refractivity contribution >= 4 is 29.2 Å². The van der Waals surface area contributed by atoms with Crippen LogP contribution < -0.4 is 5.32 Å². The Balaban J connectivity index is 1.75. The van der Waals surface area contributed by atoms with Crippen molar-refractivity contribution in [2.24, 2.45) is 0 Å². The minimum atomic E-state index is -0.621. The Morgan fingerprint density at radius 3 is 2.81 bits per heavy atom. The fourth-order valence-electron chi connectivity index (χ4n) is 1.75. The smallest absolute Gasteiger partial charge is 0.322 e. The van der Waals surface area contributed by atoms with E-state index in [4.69, 9.17) is 16.0 Å². The Hall–Kier alpha value is -2.48. The van der Waals surface area contributed by atoms with Crippen LogP contribution in [0.3, 0.4) is 0 Å². The minimum Gasteiger partial charge on any atom is -0.408 e. The highest BCUT2D eigenvalue weighted by atomic mass is 35.5. The quantitative estimate of drug-likeness (QED) is 0.686. The first-order valence-electron chi connectivity index (χ1n) is 6.13. The van der Waals surface area contributed by atoms with Crippen LogP contribution in [0.2, 0.25) is 5.02 Å². The van der Waals surface area contributed by atoms with Gasteiger partial charge in [0.1, 0.15) is 5.02 Å². The molecule has 3 rings (SSSR count). The van der Waals surface area contributed by atoms with E-state index >= 15 is 0 Å². The van der Waals surface area contributed by atoms with Gasteiger partial charge >= 0.3 is 6.01 Å². The van der Waals surface area contributed by atoms with Gasteiger partial charge in [0.25, 0.3) is 11.6 Å². The average molecular weight is 309 g/mol. The van der Waals surface area contributed by atoms with Crippen LogP contribution >= 0.6 is 11.6 Å². The summed E-state index contributed by atoms with van der Waals surface area (Å²) < 4.78 is 5.30. The highest BCUT2D eigenvalue weighted by molar-refractivity contribution is 6.33. The summed E-state index contributed by atoms with van der Waals surface area (Å²) in [4.78, 5) is 22.0. The molecule has 1 aromatic heterocycles. The summed E-state index contributed by atoms with van der Waals surface area (Å²) in [6, 6.07) is 3.68. The minimum absolute atomic E-state index is 0.00336. The van der Waals surface area contributed by atoms with E-state index in [2.05, 4.69) is 15.5 Å². The summed E-state index contributed by atoms with van der Waals surface area (Å²) in [7, 11) is 0. The van der Waals surface area contributed by atoms with Gasteiger partial charge in [0.15, 0.2) is 0 Å². The molecule has 1 fully saturated rings. The number of carbonyl (C=O) groups excluding carboxylic acids is 1. The molecule has 0 saturated heterocycles. The molecule has 0 radical (unpaired) electrons. The molecular weight excluding hydrogens is 300 g/mol. The van der Waals surface area contributed by atoms with E-state index in [0.29, 0.717) is 5.89 Å². The second-order valence-corrected chi connectivity index (χ2v) is 5.00. The number of nitro groups is 1. The number of benzene rings is 1. The number of nitro benzene ring substituents is 1. The van der Waals surface area contributed by atoms with E-state index in [-0.39, 0.29) is 28.2 Å². The highest BCUT2D eigenvalue weighted by Gasteiger charge is 2.29. The number of halogens is 1. The van der Waals surface area contributed by atoms with Gasteiger partial charge in [0.05, 0.1) is 4.92 Å². The van der Waals surface area contributed by atoms with E-state index in [1.165, 1.54) is 18.2 Å². The zero-order chi connectivity index (χ0) is 15.0. The van der Waals surface area contributed by atoms with Crippen molar-refractivity contribution < 1.29 is 14.1 Å². The number of carbonyl (C=O) groups is 1. The lowest BCUT2D eigenvalue weighted by Crippen LogP contribution is -2.12. The first-order valence-corrected chi connectivity index (χ1v) is 6.51. The van der Waals surface area contributed by atoms with Crippen molar-refractivity contribution in [2.45, 2.75) is 18.8 Å². The van der Waals surface area contributed by atoms with Crippen molar-refractivity contribution in [1.82, 2.24) is 10.2 Å². The van der Waals surface area contributed by atoms with Gasteiger partial charge in [-0.2, -0.15) is 0 Å². The number of rotatable bonds is 4. The number of nitrogens with one attached hydrogen (secondary N) is 1. The summed E-state index contributed by atoms with van der Waals surface area (Å²) >= 11 is 5.75. The van der Waals surface area contributed by atoms with Crippen molar-refractivity contribution in [2.75, 3.05) is 5.32 Å². The van der Waals surface area contributed by atoms with Gasteiger partial charge in [-0.3, -0.25) is 20.2 Å². The van der Waals surface area contributed by atoms with Gasteiger partial charge < -0.3 is 4.42 Å². The highest BCUT2D eigenvalue weighted by Crippen LogP contribution is 2.39. The van der Waals surface area contributed by atoms with Crippen LogP contribution in [0.1, 0.15) is 35.0 Å². The maximum absolute atomic E-state index is 12.0. The molecule has 1 saturated carbocycles. The molecule has 1 aromatic carbocycles. The van der Waals surface area contributed by atoms with E-state index in [9.17, 15) is 14.9 Å². The summed E-state index contributed by atoms with van der Waals surface area (Å²) in [6.07, 6.45) is 2.01. The van der Waals surface area contributed by atoms with Crippen LogP contribution in [0.15, 0.2) is 22.6 Å². The predicted octanol–water partition coefficient (Wildman–Crippen LogP) is 2.76. The third kappa shape index (κ3) is 2.84. The molecule has 1 aliphatic carbocycles. The van der Waals surface area contributed by atoms with Crippen LogP contribution in [0, 0.1) is 10.1 Å². The lowest BCUT2D eigenvalue weighted by Gasteiger charge is -2.01. The fourth-order valence-corrected chi connectivity index (χ4v) is 2.00. The van der Waals surface area contributed by atoms with Crippen molar-refractivity contribution in [1.29, 1.82) is 0 Å². The van der Waals surface area contributed by atoms with Gasteiger partial charge in [-0.05, 0) is 25.0 Å². The first kappa shape index (κ1) is 13.5. The monoisotopic (exact) mass is 308 g/mol. The second-order valence-electron chi connectivity index (χ2n) is 4.60. The third-order valence-electron chi connectivity index (χ3n) is 2.99. The Bertz CT molecular complexity index is 726. The molecule has 108 valence electrons. The Kier molecular flexibility index (Phi) is 3.30. The molecule has 1 amide bonds. The van der Waals surface area contributed by atoms with Gasteiger partial charge in [-0.1, -0.05) is 16.7 Å². The average Bonchev–Trinajstić information content (AvgIpc) is 3.19. The van der Waals surface area contributed by atoms with Gasteiger partial charge in [0, 0.05) is 17.5 Å². The van der Waals surface area contributed by atoms with E-state index in [0.717, 1.165) is 12.8 Å². The molecule has 1 heterocycles. The molecule has 8 nitrogen and oxygen atoms in total. The van der Waals surface area contributed by atoms with Crippen molar-refractivity contribution in [3.05, 3.63) is 44.8 Å². The van der Waals surface area contributed by atoms with Gasteiger partial charge in [0.2, 0.25) is 5.89 Å². The van der Waals surface area contributed by atoms with Gasteiger partial charge in [-0.15, -0.1) is 5.10 Å². The van der Waals surface area contributed by atoms with E-state index in [1.54, 1.807) is 0 Å². The lowest BCUT2D eigenvalue weighted by molar-refractivity contribution is -0.384. The van der Waals surface area contributed by atoms with Gasteiger partial charge in [-0.25, -0.2) is 0 Å². The molecule has 1 N–H and O–H groups in total. The van der Waals surface area contributed by atoms with Crippen LogP contribution in [0.25, 0.3) is 0 Å². The maximum Gasteiger partial charge on any atom is 0.322 e. The first-order chi connectivity index (χ1) is 10.0. The van der Waals surface area contributed by atoms with Crippen molar-refractivity contribution in [3.63, 3.8) is 0 Å². The topological polar surface area (TPSA) is 111 Å². The Morgan fingerprint density at radius 1 is 1.43 bits per heavy atom. The Morgan fingerprint density at radius 2 is 2.19 bits per heavy atom. The number of amides is 1. The zero-order valence-electron chi connectivity index (χ0n) is 10.6. The molecule has 0 unspecified atom stereocenters. The summed E-state index contributed by atoms with van der Waals surface area (Å²) in [6.45, 7) is 0. The SMILES string of the molecule is O=C(Nc1nnc(C2CC2)o1)c1ccc([N+](=O)[O-])c(Cl)c1. The van der Waals surface area contributed by atoms with Crippen LogP contribution in [0.5, 0.6) is 0 Å². The van der Waals surface area contributed by atoms with Crippen LogP contribution in [-0.2, 0) is 0 Å². The third-order valence-corrected chi connectivity index (χ3v) is 3.30. The molecule has 2 aromatic rings. The second kappa shape index (κ2) is 5.13. The lowest BCUT2D eigenvalue weighted by atomic mass is 10.2. The molecule has 9 heteroatoms. The van der Waals surface area contributed by atoms with E-state index in [1.807, 2.05) is 0 Å². The van der Waals surface area contributed by atoms with E-state index < -0.39 is 10.8 Å². The largest absolute Gasteiger partial charge is 0.408 e. The summed E-state index contributed by atoms with van der Waals surface area (Å²) in [5.41, 5.74) is -0.0983. The number of hydrogen-bond donors (Lipinski definition) is 1. The normalized spacial score (nSPS) is 14.0. The number of nitrogens with zero attached hydrogens (tertiary/aromatic N) is 3. The van der Waals surface area contributed by atoms with Crippen LogP contribution in [-0.4, -0.2) is 21.0 Å². The summed E-state index contributed by atoms with van der Waals surface area (Å²) in [5, 5.41) is 20.5. The molecule has 0 aliphatic heterocycles. The molecule has 0 spiro atoms. The standard InChI is InChI=1S/C12H9ClN4O4/c13-8-5-7(3-4-9(8)17(19)20)10(18)14-12-16-15-11(21-12)6-1-2-6/h3-6H,1-2H2,(H,14,16,18). The maximum atomic E-state index is 12.0. The number of aromatic nitrogens is 2. The molecule has 0 atom stereocenters. The van der Waals surface area contributed by atoms with Crippen molar-refractivity contribution in [3.8, 4) is 0 Å². The number of hydrogen-bond acceptors (Lipinski definition) is 6. The molecule has 1 aliphatic rings. The number of anilines is 1. The fraction of sp³-hybridized carbons (Fsp3) is 0.250. The Labute approximate surface area is 123 Å². The molecular formula is C12H9ClN4O4. The van der Waals surface area contributed by atoms with Crippen LogP contribution in [0.4, 0.5) is 11.7 Å². The molecule has 0 bridgehead atoms. The zero-order valence-corrected chi connectivity index (χ0v) is 11.3. The summed E-state index contributed by atoms with van der Waals surface area (Å²) in [5.74, 6) is 0.266.